The van der Waals surface area contributed by atoms with Gasteiger partial charge in [0.1, 0.15) is 0 Å². The molecule has 0 radical (unpaired) electrons. The molecule has 2 fully saturated rings. The van der Waals surface area contributed by atoms with Gasteiger partial charge in [0, 0.05) is 35.8 Å². The van der Waals surface area contributed by atoms with Gasteiger partial charge in [-0.2, -0.15) is 0 Å². The van der Waals surface area contributed by atoms with Crippen LogP contribution in [0.3, 0.4) is 0 Å². The maximum Gasteiger partial charge on any atom is 0.254 e. The smallest absolute Gasteiger partial charge is 0.254 e. The average Bonchev–Trinajstić information content (AvgIpc) is 2.83. The van der Waals surface area contributed by atoms with Crippen molar-refractivity contribution in [2.75, 3.05) is 26.2 Å². The summed E-state index contributed by atoms with van der Waals surface area (Å²) in [5, 5.41) is 5.52. The van der Waals surface area contributed by atoms with Crippen LogP contribution >= 0.6 is 11.3 Å². The summed E-state index contributed by atoms with van der Waals surface area (Å²) < 4.78 is 0. The number of hydrogen-bond donors (Lipinski definition) is 1. The normalized spacial score (nSPS) is 24.4. The van der Waals surface area contributed by atoms with Gasteiger partial charge in [-0.3, -0.25) is 4.79 Å². The molecule has 0 spiro atoms. The largest absolute Gasteiger partial charge is 0.339 e. The lowest BCUT2D eigenvalue weighted by atomic mass is 9.97. The van der Waals surface area contributed by atoms with Crippen LogP contribution in [-0.2, 0) is 0 Å². The zero-order chi connectivity index (χ0) is 13.8. The van der Waals surface area contributed by atoms with E-state index < -0.39 is 0 Å². The average molecular weight is 292 g/mol. The van der Waals surface area contributed by atoms with Crippen molar-refractivity contribution in [2.24, 2.45) is 0 Å². The number of amides is 1. The van der Waals surface area contributed by atoms with Crippen LogP contribution in [-0.4, -0.2) is 37.0 Å². The van der Waals surface area contributed by atoms with E-state index in [0.717, 1.165) is 44.6 Å². The molecule has 1 aromatic rings. The summed E-state index contributed by atoms with van der Waals surface area (Å²) in [6.07, 6.45) is 7.37. The second kappa shape index (κ2) is 6.72. The Bertz CT molecular complexity index is 443. The topological polar surface area (TPSA) is 32.3 Å². The number of hydrogen-bond acceptors (Lipinski definition) is 3. The van der Waals surface area contributed by atoms with E-state index in [4.69, 9.17) is 0 Å². The third-order valence-corrected chi connectivity index (χ3v) is 5.55. The monoisotopic (exact) mass is 292 g/mol. The van der Waals surface area contributed by atoms with Crippen molar-refractivity contribution < 1.29 is 4.79 Å². The number of likely N-dealkylation sites (tertiary alicyclic amines) is 1. The molecule has 2 saturated heterocycles. The van der Waals surface area contributed by atoms with Gasteiger partial charge in [0.05, 0.1) is 5.56 Å². The number of carbonyl (C=O) groups is 1. The van der Waals surface area contributed by atoms with Crippen molar-refractivity contribution in [3.05, 3.63) is 21.9 Å². The van der Waals surface area contributed by atoms with Gasteiger partial charge in [0.15, 0.2) is 0 Å². The predicted octanol–water partition coefficient (Wildman–Crippen LogP) is 3.23. The molecule has 1 amide bonds. The van der Waals surface area contributed by atoms with Crippen LogP contribution in [0, 0.1) is 0 Å². The molecule has 2 aliphatic heterocycles. The van der Waals surface area contributed by atoms with Gasteiger partial charge in [-0.1, -0.05) is 12.8 Å². The number of piperidine rings is 1. The van der Waals surface area contributed by atoms with Crippen molar-refractivity contribution in [3.8, 4) is 0 Å². The molecule has 110 valence electrons. The molecule has 0 bridgehead atoms. The maximum atomic E-state index is 12.6. The van der Waals surface area contributed by atoms with Crippen LogP contribution in [0.25, 0.3) is 0 Å². The molecule has 0 aliphatic carbocycles. The molecule has 20 heavy (non-hydrogen) atoms. The van der Waals surface area contributed by atoms with Crippen LogP contribution in [0.4, 0.5) is 0 Å². The van der Waals surface area contributed by atoms with E-state index >= 15 is 0 Å². The lowest BCUT2D eigenvalue weighted by molar-refractivity contribution is 0.0762. The van der Waals surface area contributed by atoms with E-state index in [1.165, 1.54) is 30.6 Å². The first-order chi connectivity index (χ1) is 9.84. The number of nitrogens with zero attached hydrogens (tertiary/aromatic N) is 1. The Balaban J connectivity index is 1.67. The van der Waals surface area contributed by atoms with E-state index in [-0.39, 0.29) is 5.91 Å². The van der Waals surface area contributed by atoms with Gasteiger partial charge in [-0.05, 0) is 38.3 Å². The second-order valence-electron chi connectivity index (χ2n) is 5.99. The van der Waals surface area contributed by atoms with Crippen LogP contribution in [0.5, 0.6) is 0 Å². The van der Waals surface area contributed by atoms with E-state index in [1.807, 2.05) is 0 Å². The predicted molar refractivity (Wildman–Crippen MR) is 83.5 cm³/mol. The Kier molecular flexibility index (Phi) is 4.73. The van der Waals surface area contributed by atoms with Gasteiger partial charge in [0.2, 0.25) is 0 Å². The summed E-state index contributed by atoms with van der Waals surface area (Å²) in [4.78, 5) is 16.0. The quantitative estimate of drug-likeness (QED) is 0.907. The van der Waals surface area contributed by atoms with E-state index in [9.17, 15) is 4.79 Å². The molecule has 3 nitrogen and oxygen atoms in total. The fourth-order valence-corrected chi connectivity index (χ4v) is 4.25. The van der Waals surface area contributed by atoms with Gasteiger partial charge in [-0.15, -0.1) is 11.3 Å². The van der Waals surface area contributed by atoms with Crippen molar-refractivity contribution in [2.45, 2.75) is 44.4 Å². The summed E-state index contributed by atoms with van der Waals surface area (Å²) in [7, 11) is 0. The van der Waals surface area contributed by atoms with Gasteiger partial charge < -0.3 is 10.2 Å². The van der Waals surface area contributed by atoms with E-state index in [0.29, 0.717) is 5.92 Å². The summed E-state index contributed by atoms with van der Waals surface area (Å²) in [5.74, 6) is 0.859. The lowest BCUT2D eigenvalue weighted by Gasteiger charge is -2.21. The molecule has 1 N–H and O–H groups in total. The van der Waals surface area contributed by atoms with Crippen LogP contribution in [0.1, 0.15) is 59.7 Å². The Morgan fingerprint density at radius 2 is 2.00 bits per heavy atom. The maximum absolute atomic E-state index is 12.6. The standard InChI is InChI=1S/C16H24N2OS/c19-16(18-8-3-1-2-4-9-18)14-10-15(20-12-14)13-6-5-7-17-11-13/h10,12-13,17H,1-9,11H2. The Hall–Kier alpha value is -0.870. The minimum absolute atomic E-state index is 0.248. The Morgan fingerprint density at radius 3 is 2.70 bits per heavy atom. The first-order valence-electron chi connectivity index (χ1n) is 7.93. The molecule has 1 unspecified atom stereocenters. The summed E-state index contributed by atoms with van der Waals surface area (Å²) in [6, 6.07) is 2.15. The molecule has 0 saturated carbocycles. The second-order valence-corrected chi connectivity index (χ2v) is 6.93. The minimum atomic E-state index is 0.248. The summed E-state index contributed by atoms with van der Waals surface area (Å²) in [6.45, 7) is 4.09. The van der Waals surface area contributed by atoms with Crippen LogP contribution in [0.15, 0.2) is 11.4 Å². The third-order valence-electron chi connectivity index (χ3n) is 4.46. The molecule has 4 heteroatoms. The zero-order valence-corrected chi connectivity index (χ0v) is 12.9. The number of nitrogens with one attached hydrogen (secondary N) is 1. The number of rotatable bonds is 2. The highest BCUT2D eigenvalue weighted by Gasteiger charge is 2.21. The van der Waals surface area contributed by atoms with Gasteiger partial charge >= 0.3 is 0 Å². The minimum Gasteiger partial charge on any atom is -0.339 e. The van der Waals surface area contributed by atoms with Crippen molar-refractivity contribution in [3.63, 3.8) is 0 Å². The third kappa shape index (κ3) is 3.23. The molecule has 1 atom stereocenters. The number of thiophene rings is 1. The summed E-state index contributed by atoms with van der Waals surface area (Å²) in [5.41, 5.74) is 0.914. The summed E-state index contributed by atoms with van der Waals surface area (Å²) >= 11 is 1.77. The molecule has 3 rings (SSSR count). The first kappa shape index (κ1) is 14.1. The van der Waals surface area contributed by atoms with E-state index in [1.54, 1.807) is 11.3 Å². The van der Waals surface area contributed by atoms with Gasteiger partial charge in [0.25, 0.3) is 5.91 Å². The Labute approximate surface area is 125 Å². The highest BCUT2D eigenvalue weighted by Crippen LogP contribution is 2.29. The molecular weight excluding hydrogens is 268 g/mol. The molecule has 0 aromatic carbocycles. The molecular formula is C16H24N2OS. The highest BCUT2D eigenvalue weighted by molar-refractivity contribution is 7.10. The van der Waals surface area contributed by atoms with Crippen LogP contribution < -0.4 is 5.32 Å². The van der Waals surface area contributed by atoms with Crippen molar-refractivity contribution >= 4 is 17.2 Å². The SMILES string of the molecule is O=C(c1csc(C2CCCNC2)c1)N1CCCCCC1. The molecule has 3 heterocycles. The zero-order valence-electron chi connectivity index (χ0n) is 12.1. The number of carbonyl (C=O) groups excluding carboxylic acids is 1. The fraction of sp³-hybridized carbons (Fsp3) is 0.688. The molecule has 2 aliphatic rings. The van der Waals surface area contributed by atoms with Gasteiger partial charge in [-0.25, -0.2) is 0 Å². The lowest BCUT2D eigenvalue weighted by Crippen LogP contribution is -2.31. The van der Waals surface area contributed by atoms with Crippen molar-refractivity contribution in [1.29, 1.82) is 0 Å². The van der Waals surface area contributed by atoms with Crippen LogP contribution in [0.2, 0.25) is 0 Å². The highest BCUT2D eigenvalue weighted by atomic mass is 32.1. The fourth-order valence-electron chi connectivity index (χ4n) is 3.23. The molecule has 1 aromatic heterocycles. The Morgan fingerprint density at radius 1 is 1.20 bits per heavy atom. The van der Waals surface area contributed by atoms with E-state index in [2.05, 4.69) is 21.7 Å². The first-order valence-corrected chi connectivity index (χ1v) is 8.81. The van der Waals surface area contributed by atoms with Crippen molar-refractivity contribution in [1.82, 2.24) is 10.2 Å².